The maximum absolute atomic E-state index is 14.7. The number of methoxy groups -OCH3 is 2. The lowest BCUT2D eigenvalue weighted by Crippen LogP contribution is -2.60. The fourth-order valence-corrected chi connectivity index (χ4v) is 10.7. The molecule has 23 nitrogen and oxygen atoms in total. The Morgan fingerprint density at radius 3 is 1.92 bits per heavy atom. The van der Waals surface area contributed by atoms with Crippen LogP contribution < -0.4 is 37.6 Å². The smallest absolute Gasteiger partial charge is 0.410 e. The Morgan fingerprint density at radius 2 is 1.37 bits per heavy atom. The van der Waals surface area contributed by atoms with Gasteiger partial charge in [0, 0.05) is 54.0 Å². The molecule has 9 N–H and O–H groups in total. The minimum atomic E-state index is -1.06. The summed E-state index contributed by atoms with van der Waals surface area (Å²) in [6.07, 6.45) is -0.892. The monoisotopic (exact) mass is 1160 g/mol. The number of amides is 10. The number of nitrogens with two attached hydrogens (primary N) is 1. The highest BCUT2D eigenvalue weighted by Gasteiger charge is 2.44. The van der Waals surface area contributed by atoms with Gasteiger partial charge in [0.25, 0.3) is 0 Å². The minimum Gasteiger partial charge on any atom is -0.445 e. The number of nitrogens with one attached hydrogen (secondary N) is 6. The number of aliphatic hydroxyl groups is 1. The van der Waals surface area contributed by atoms with Gasteiger partial charge >= 0.3 is 12.1 Å². The summed E-state index contributed by atoms with van der Waals surface area (Å²) in [6.45, 7) is 19.8. The second-order valence-corrected chi connectivity index (χ2v) is 22.9. The fourth-order valence-electron chi connectivity index (χ4n) is 10.7. The first-order chi connectivity index (χ1) is 39.1. The zero-order valence-corrected chi connectivity index (χ0v) is 51.5. The van der Waals surface area contributed by atoms with Crippen LogP contribution in [0.25, 0.3) is 0 Å². The third-order valence-corrected chi connectivity index (χ3v) is 15.6. The van der Waals surface area contributed by atoms with Crippen LogP contribution in [0.1, 0.15) is 132 Å². The Labute approximate surface area is 491 Å². The van der Waals surface area contributed by atoms with Crippen LogP contribution in [0, 0.1) is 29.6 Å². The predicted octanol–water partition coefficient (Wildman–Crippen LogP) is 4.61. The minimum absolute atomic E-state index is 0.0813. The molecule has 2 aromatic rings. The number of nitrogens with zero attached hydrogens (tertiary/aromatic N) is 3. The number of anilines is 1. The van der Waals surface area contributed by atoms with Crippen LogP contribution in [-0.4, -0.2) is 169 Å². The number of rotatable bonds is 32. The van der Waals surface area contributed by atoms with Gasteiger partial charge in [-0.3, -0.25) is 38.5 Å². The molecule has 3 rings (SSSR count). The van der Waals surface area contributed by atoms with Crippen LogP contribution in [0.4, 0.5) is 15.3 Å². The van der Waals surface area contributed by atoms with Gasteiger partial charge in [-0.2, -0.15) is 0 Å². The van der Waals surface area contributed by atoms with Crippen LogP contribution >= 0.6 is 0 Å². The SMILES string of the molecule is CCC(C)C(C(CC(=O)N1CCCC1C(OC)C(C)C(=O)NC(C)C(O)c1ccccc1)OC)N(C)C(=O)C(NC(=O)C(C(C)C)N(C)C(=O)OCc1ccc(NC(=O)C(CCCNC(N)=O)NC(=O)C(NC(C)=O)C(C)C)cc1)C(C)C. The van der Waals surface area contributed by atoms with E-state index in [1.165, 1.54) is 33.1 Å². The van der Waals surface area contributed by atoms with Crippen molar-refractivity contribution in [2.45, 2.75) is 182 Å². The average Bonchev–Trinajstić information content (AvgIpc) is 4.01. The van der Waals surface area contributed by atoms with Crippen molar-refractivity contribution in [3.8, 4) is 0 Å². The third kappa shape index (κ3) is 20.8. The summed E-state index contributed by atoms with van der Waals surface area (Å²) in [5.74, 6) is -5.01. The average molecular weight is 1170 g/mol. The zero-order valence-electron chi connectivity index (χ0n) is 51.5. The molecule has 2 aromatic carbocycles. The maximum Gasteiger partial charge on any atom is 0.410 e. The van der Waals surface area contributed by atoms with E-state index in [9.17, 15) is 48.3 Å². The molecule has 1 aliphatic heterocycles. The molecule has 0 radical (unpaired) electrons. The molecule has 0 bridgehead atoms. The first kappa shape index (κ1) is 70.4. The van der Waals surface area contributed by atoms with Gasteiger partial charge in [0.15, 0.2) is 0 Å². The van der Waals surface area contributed by atoms with Crippen molar-refractivity contribution in [1.29, 1.82) is 0 Å². The number of benzene rings is 2. The van der Waals surface area contributed by atoms with Crippen molar-refractivity contribution >= 4 is 59.2 Å². The van der Waals surface area contributed by atoms with E-state index in [1.807, 2.05) is 32.0 Å². The number of aliphatic hydroxyl groups excluding tert-OH is 1. The van der Waals surface area contributed by atoms with Crippen LogP contribution in [0.15, 0.2) is 54.6 Å². The zero-order chi connectivity index (χ0) is 62.4. The Bertz CT molecular complexity index is 2450. The van der Waals surface area contributed by atoms with Gasteiger partial charge in [-0.05, 0) is 79.5 Å². The van der Waals surface area contributed by atoms with Crippen LogP contribution in [0.2, 0.25) is 0 Å². The molecule has 0 saturated carbocycles. The quantitative estimate of drug-likeness (QED) is 0.0465. The number of likely N-dealkylation sites (tertiary alicyclic amines) is 1. The van der Waals surface area contributed by atoms with Crippen LogP contribution in [-0.2, 0) is 54.4 Å². The first-order valence-corrected chi connectivity index (χ1v) is 29.0. The number of urea groups is 1. The number of likely N-dealkylation sites (N-methyl/N-ethyl adjacent to an activating group) is 2. The van der Waals surface area contributed by atoms with Crippen molar-refractivity contribution < 1.29 is 62.5 Å². The number of hydrogen-bond acceptors (Lipinski definition) is 13. The number of carbonyl (C=O) groups excluding carboxylic acids is 9. The lowest BCUT2D eigenvalue weighted by molar-refractivity contribution is -0.148. The van der Waals surface area contributed by atoms with Crippen LogP contribution in [0.5, 0.6) is 0 Å². The van der Waals surface area contributed by atoms with E-state index in [0.717, 1.165) is 0 Å². The Morgan fingerprint density at radius 1 is 0.747 bits per heavy atom. The van der Waals surface area contributed by atoms with E-state index < -0.39 is 120 Å². The largest absolute Gasteiger partial charge is 0.445 e. The molecule has 1 saturated heterocycles. The molecule has 12 atom stereocenters. The van der Waals surface area contributed by atoms with E-state index in [1.54, 1.807) is 109 Å². The Kier molecular flexibility index (Phi) is 28.9. The van der Waals surface area contributed by atoms with Crippen molar-refractivity contribution in [1.82, 2.24) is 41.3 Å². The molecule has 464 valence electrons. The van der Waals surface area contributed by atoms with Gasteiger partial charge in [0.1, 0.15) is 30.8 Å². The molecule has 1 heterocycles. The summed E-state index contributed by atoms with van der Waals surface area (Å²) in [5, 5.41) is 27.4. The van der Waals surface area contributed by atoms with E-state index in [4.69, 9.17) is 19.9 Å². The Hall–Kier alpha value is -6.85. The topological polar surface area (TPSA) is 309 Å². The summed E-state index contributed by atoms with van der Waals surface area (Å²) >= 11 is 0. The fraction of sp³-hybridized carbons (Fsp3) is 0.650. The molecule has 83 heavy (non-hydrogen) atoms. The summed E-state index contributed by atoms with van der Waals surface area (Å²) < 4.78 is 17.7. The molecular weight excluding hydrogens is 1070 g/mol. The lowest BCUT2D eigenvalue weighted by Gasteiger charge is -2.41. The molecule has 1 aliphatic rings. The highest BCUT2D eigenvalue weighted by atomic mass is 16.6. The number of hydrogen-bond donors (Lipinski definition) is 8. The summed E-state index contributed by atoms with van der Waals surface area (Å²) in [4.78, 5) is 125. The molecule has 1 fully saturated rings. The molecule has 0 aliphatic carbocycles. The van der Waals surface area contributed by atoms with Crippen molar-refractivity contribution in [2.75, 3.05) is 46.7 Å². The standard InChI is InChI=1S/C60H96N10O13/c1-16-37(8)51(46(81-14)32-47(72)70-31-21-25-45(70)53(82-15)38(9)54(74)63-39(10)52(73)42-22-18-17-19-23-42)68(12)58(78)49(35(4)5)67-57(77)50(36(6)7)69(13)60(80)83-33-41-26-28-43(29-27-41)65-55(75)44(24-20-30-62-59(61)79)66-56(76)48(34(2)3)64-40(11)71/h17-19,22-23,26-29,34-39,44-46,48-53,73H,16,20-21,24-25,30-33H2,1-15H3,(H,63,74)(H,64,71)(H,65,75)(H,66,76)(H,67,77)(H3,61,62,79). The number of carbonyl (C=O) groups is 9. The van der Waals surface area contributed by atoms with Gasteiger partial charge in [-0.1, -0.05) is 111 Å². The van der Waals surface area contributed by atoms with Crippen molar-refractivity contribution in [3.05, 3.63) is 65.7 Å². The molecule has 0 spiro atoms. The van der Waals surface area contributed by atoms with Crippen LogP contribution in [0.3, 0.4) is 0 Å². The molecule has 0 aromatic heterocycles. The normalized spacial score (nSPS) is 17.3. The summed E-state index contributed by atoms with van der Waals surface area (Å²) in [6, 6.07) is 9.08. The van der Waals surface area contributed by atoms with E-state index in [2.05, 4.69) is 31.9 Å². The Balaban J connectivity index is 1.71. The molecule has 23 heteroatoms. The number of primary amides is 1. The van der Waals surface area contributed by atoms with E-state index >= 15 is 0 Å². The maximum atomic E-state index is 14.7. The first-order valence-electron chi connectivity index (χ1n) is 29.0. The van der Waals surface area contributed by atoms with Gasteiger partial charge in [0.2, 0.25) is 41.4 Å². The van der Waals surface area contributed by atoms with Crippen molar-refractivity contribution in [2.24, 2.45) is 35.3 Å². The molecular formula is C60H96N10O13. The van der Waals surface area contributed by atoms with Gasteiger partial charge in [-0.15, -0.1) is 0 Å². The summed E-state index contributed by atoms with van der Waals surface area (Å²) in [7, 11) is 6.10. The number of ether oxygens (including phenoxy) is 3. The molecule has 12 unspecified atom stereocenters. The second kappa shape index (κ2) is 34.1. The van der Waals surface area contributed by atoms with Gasteiger partial charge < -0.3 is 66.8 Å². The highest BCUT2D eigenvalue weighted by molar-refractivity contribution is 5.98. The van der Waals surface area contributed by atoms with Crippen molar-refractivity contribution in [3.63, 3.8) is 0 Å². The molecule has 10 amide bonds. The predicted molar refractivity (Wildman–Crippen MR) is 315 cm³/mol. The highest BCUT2D eigenvalue weighted by Crippen LogP contribution is 2.30. The van der Waals surface area contributed by atoms with E-state index in [-0.39, 0.29) is 49.6 Å². The van der Waals surface area contributed by atoms with E-state index in [0.29, 0.717) is 49.0 Å². The lowest BCUT2D eigenvalue weighted by atomic mass is 9.89. The summed E-state index contributed by atoms with van der Waals surface area (Å²) in [5.41, 5.74) is 6.77. The second-order valence-electron chi connectivity index (χ2n) is 22.9. The third-order valence-electron chi connectivity index (χ3n) is 15.6. The van der Waals surface area contributed by atoms with Gasteiger partial charge in [0.05, 0.1) is 48.8 Å². The van der Waals surface area contributed by atoms with Gasteiger partial charge in [-0.25, -0.2) is 9.59 Å².